The number of methoxy groups -OCH3 is 1. The van der Waals surface area contributed by atoms with Crippen molar-refractivity contribution in [3.8, 4) is 11.5 Å². The second kappa shape index (κ2) is 10.9. The molecule has 0 spiro atoms. The van der Waals surface area contributed by atoms with Crippen molar-refractivity contribution in [2.24, 2.45) is 0 Å². The van der Waals surface area contributed by atoms with Gasteiger partial charge in [-0.15, -0.1) is 0 Å². The minimum Gasteiger partial charge on any atom is -0.492 e. The number of hydrogen-bond acceptors (Lipinski definition) is 6. The lowest BCUT2D eigenvalue weighted by molar-refractivity contribution is -0.152. The Morgan fingerprint density at radius 3 is 2.43 bits per heavy atom. The van der Waals surface area contributed by atoms with Crippen LogP contribution in [-0.4, -0.2) is 44.9 Å². The smallest absolute Gasteiger partial charge is 0.347 e. The minimum atomic E-state index is -0.769. The van der Waals surface area contributed by atoms with E-state index >= 15 is 0 Å². The Hall–Kier alpha value is -3.06. The van der Waals surface area contributed by atoms with Gasteiger partial charge >= 0.3 is 5.97 Å². The third-order valence-electron chi connectivity index (χ3n) is 3.73. The van der Waals surface area contributed by atoms with Crippen LogP contribution < -0.4 is 14.8 Å². The third-order valence-corrected chi connectivity index (χ3v) is 3.73. The molecule has 2 aromatic rings. The number of rotatable bonds is 10. The first-order valence-corrected chi connectivity index (χ1v) is 9.00. The average molecular weight is 387 g/mol. The Labute approximate surface area is 164 Å². The molecule has 2 aromatic carbocycles. The molecule has 0 aliphatic heterocycles. The van der Waals surface area contributed by atoms with Crippen LogP contribution in [0.5, 0.6) is 11.5 Å². The van der Waals surface area contributed by atoms with E-state index in [0.29, 0.717) is 36.0 Å². The van der Waals surface area contributed by atoms with Gasteiger partial charge in [0.15, 0.2) is 6.10 Å². The third kappa shape index (κ3) is 6.28. The summed E-state index contributed by atoms with van der Waals surface area (Å²) in [6.07, 6.45) is -0.769. The van der Waals surface area contributed by atoms with Crippen molar-refractivity contribution >= 4 is 17.6 Å². The highest BCUT2D eigenvalue weighted by Gasteiger charge is 2.16. The van der Waals surface area contributed by atoms with E-state index in [4.69, 9.17) is 18.9 Å². The molecule has 0 aromatic heterocycles. The van der Waals surface area contributed by atoms with E-state index in [1.807, 2.05) is 19.1 Å². The van der Waals surface area contributed by atoms with E-state index in [2.05, 4.69) is 5.32 Å². The fraction of sp³-hybridized carbons (Fsp3) is 0.333. The SMILES string of the molecule is CCOc1ccccc1NC(=O)c1ccc(O[C@@H](C)C(=O)OCCOC)cc1. The molecule has 7 heteroatoms. The van der Waals surface area contributed by atoms with Gasteiger partial charge in [-0.05, 0) is 50.2 Å². The largest absolute Gasteiger partial charge is 0.492 e. The van der Waals surface area contributed by atoms with Crippen molar-refractivity contribution in [1.82, 2.24) is 0 Å². The summed E-state index contributed by atoms with van der Waals surface area (Å²) in [6.45, 7) is 4.48. The number of ether oxygens (including phenoxy) is 4. The van der Waals surface area contributed by atoms with Crippen molar-refractivity contribution in [2.45, 2.75) is 20.0 Å². The lowest BCUT2D eigenvalue weighted by Gasteiger charge is -2.14. The number of para-hydroxylation sites is 2. The van der Waals surface area contributed by atoms with Crippen LogP contribution in [0.15, 0.2) is 48.5 Å². The van der Waals surface area contributed by atoms with Gasteiger partial charge in [0.2, 0.25) is 0 Å². The maximum Gasteiger partial charge on any atom is 0.347 e. The van der Waals surface area contributed by atoms with Crippen molar-refractivity contribution < 1.29 is 28.5 Å². The molecule has 0 fully saturated rings. The molecule has 7 nitrogen and oxygen atoms in total. The molecule has 1 N–H and O–H groups in total. The summed E-state index contributed by atoms with van der Waals surface area (Å²) in [6, 6.07) is 13.7. The molecular weight excluding hydrogens is 362 g/mol. The fourth-order valence-corrected chi connectivity index (χ4v) is 2.33. The van der Waals surface area contributed by atoms with Crippen LogP contribution in [0.25, 0.3) is 0 Å². The number of anilines is 1. The van der Waals surface area contributed by atoms with E-state index in [1.54, 1.807) is 43.3 Å². The van der Waals surface area contributed by atoms with Crippen molar-refractivity contribution in [1.29, 1.82) is 0 Å². The summed E-state index contributed by atoms with van der Waals surface area (Å²) in [7, 11) is 1.53. The number of esters is 1. The lowest BCUT2D eigenvalue weighted by atomic mass is 10.2. The Morgan fingerprint density at radius 2 is 1.75 bits per heavy atom. The molecule has 0 unspecified atom stereocenters. The first-order chi connectivity index (χ1) is 13.5. The Balaban J connectivity index is 1.95. The normalized spacial score (nSPS) is 11.4. The van der Waals surface area contributed by atoms with E-state index in [-0.39, 0.29) is 12.5 Å². The summed E-state index contributed by atoms with van der Waals surface area (Å²) in [4.78, 5) is 24.3. The molecule has 1 amide bonds. The van der Waals surface area contributed by atoms with Crippen LogP contribution in [0.1, 0.15) is 24.2 Å². The fourth-order valence-electron chi connectivity index (χ4n) is 2.33. The molecule has 0 heterocycles. The Kier molecular flexibility index (Phi) is 8.30. The number of carbonyl (C=O) groups excluding carboxylic acids is 2. The molecule has 0 bridgehead atoms. The first kappa shape index (κ1) is 21.2. The van der Waals surface area contributed by atoms with E-state index < -0.39 is 12.1 Å². The Morgan fingerprint density at radius 1 is 1.04 bits per heavy atom. The van der Waals surface area contributed by atoms with E-state index in [1.165, 1.54) is 7.11 Å². The zero-order valence-electron chi connectivity index (χ0n) is 16.3. The molecule has 2 rings (SSSR count). The lowest BCUT2D eigenvalue weighted by Crippen LogP contribution is -2.27. The van der Waals surface area contributed by atoms with Crippen molar-refractivity contribution in [2.75, 3.05) is 32.2 Å². The highest BCUT2D eigenvalue weighted by Crippen LogP contribution is 2.24. The first-order valence-electron chi connectivity index (χ1n) is 9.00. The predicted molar refractivity (Wildman–Crippen MR) is 105 cm³/mol. The van der Waals surface area contributed by atoms with Crippen molar-refractivity contribution in [3.63, 3.8) is 0 Å². The summed E-state index contributed by atoms with van der Waals surface area (Å²) < 4.78 is 20.9. The molecule has 0 aliphatic rings. The van der Waals surface area contributed by atoms with Gasteiger partial charge in [0.05, 0.1) is 18.9 Å². The highest BCUT2D eigenvalue weighted by atomic mass is 16.6. The molecule has 0 saturated heterocycles. The van der Waals surface area contributed by atoms with Gasteiger partial charge in [0, 0.05) is 12.7 Å². The van der Waals surface area contributed by atoms with Gasteiger partial charge in [-0.3, -0.25) is 4.79 Å². The maximum atomic E-state index is 12.5. The molecule has 28 heavy (non-hydrogen) atoms. The van der Waals surface area contributed by atoms with Crippen LogP contribution >= 0.6 is 0 Å². The standard InChI is InChI=1S/C21H25NO6/c1-4-26-19-8-6-5-7-18(19)22-20(23)16-9-11-17(12-10-16)28-15(2)21(24)27-14-13-25-3/h5-12,15H,4,13-14H2,1-3H3,(H,22,23)/t15-/m0/s1. The molecule has 1 atom stereocenters. The van der Waals surface area contributed by atoms with Crippen LogP contribution in [0.4, 0.5) is 5.69 Å². The van der Waals surface area contributed by atoms with Gasteiger partial charge in [0.1, 0.15) is 18.1 Å². The summed E-state index contributed by atoms with van der Waals surface area (Å²) in [5.41, 5.74) is 1.05. The molecule has 0 aliphatic carbocycles. The maximum absolute atomic E-state index is 12.5. The van der Waals surface area contributed by atoms with E-state index in [0.717, 1.165) is 0 Å². The van der Waals surface area contributed by atoms with Crippen LogP contribution in [0.2, 0.25) is 0 Å². The average Bonchev–Trinajstić information content (AvgIpc) is 2.70. The number of hydrogen-bond donors (Lipinski definition) is 1. The summed E-state index contributed by atoms with van der Waals surface area (Å²) in [5, 5.41) is 2.83. The van der Waals surface area contributed by atoms with Gasteiger partial charge in [-0.25, -0.2) is 4.79 Å². The predicted octanol–water partition coefficient (Wildman–Crippen LogP) is 3.29. The van der Waals surface area contributed by atoms with Crippen LogP contribution in [0, 0.1) is 0 Å². The monoisotopic (exact) mass is 387 g/mol. The van der Waals surface area contributed by atoms with Crippen molar-refractivity contribution in [3.05, 3.63) is 54.1 Å². The van der Waals surface area contributed by atoms with Gasteiger partial charge < -0.3 is 24.3 Å². The minimum absolute atomic E-state index is 0.172. The van der Waals surface area contributed by atoms with Gasteiger partial charge in [0.25, 0.3) is 5.91 Å². The highest BCUT2D eigenvalue weighted by molar-refractivity contribution is 6.05. The number of benzene rings is 2. The second-order valence-corrected chi connectivity index (χ2v) is 5.83. The molecule has 0 radical (unpaired) electrons. The summed E-state index contributed by atoms with van der Waals surface area (Å²) in [5.74, 6) is 0.318. The van der Waals surface area contributed by atoms with Gasteiger partial charge in [-0.1, -0.05) is 12.1 Å². The van der Waals surface area contributed by atoms with Crippen LogP contribution in [0.3, 0.4) is 0 Å². The topological polar surface area (TPSA) is 83.1 Å². The zero-order valence-corrected chi connectivity index (χ0v) is 16.3. The quantitative estimate of drug-likeness (QED) is 0.498. The van der Waals surface area contributed by atoms with Crippen LogP contribution in [-0.2, 0) is 14.3 Å². The van der Waals surface area contributed by atoms with E-state index in [9.17, 15) is 9.59 Å². The Bertz CT molecular complexity index is 775. The molecule has 0 saturated carbocycles. The zero-order chi connectivity index (χ0) is 20.4. The summed E-state index contributed by atoms with van der Waals surface area (Å²) >= 11 is 0. The van der Waals surface area contributed by atoms with Gasteiger partial charge in [-0.2, -0.15) is 0 Å². The second-order valence-electron chi connectivity index (χ2n) is 5.83. The number of nitrogens with one attached hydrogen (secondary N) is 1. The molecule has 150 valence electrons. The molecular formula is C21H25NO6. The number of carbonyl (C=O) groups is 2. The number of amides is 1.